The molecule has 0 aromatic carbocycles. The Hall–Kier alpha value is -0.710. The molecule has 1 rings (SSSR count). The number of amides is 1. The monoisotopic (exact) mass is 215 g/mol. The average molecular weight is 215 g/mol. The maximum Gasteiger partial charge on any atom is 0.221 e. The summed E-state index contributed by atoms with van der Waals surface area (Å²) in [6, 6.07) is 0.152. The Kier molecular flexibility index (Phi) is 4.79. The number of carbonyl (C=O) groups excluding carboxylic acids is 1. The van der Waals surface area contributed by atoms with Gasteiger partial charge in [0.15, 0.2) is 5.17 Å². The van der Waals surface area contributed by atoms with Crippen LogP contribution in [-0.2, 0) is 4.79 Å². The minimum Gasteiger partial charge on any atom is -0.362 e. The predicted molar refractivity (Wildman–Crippen MR) is 60.7 cm³/mol. The van der Waals surface area contributed by atoms with Gasteiger partial charge in [-0.1, -0.05) is 11.8 Å². The molecular weight excluding hydrogens is 198 g/mol. The molecular formula is C9H17N3OS. The SMILES string of the molecule is CNC(=O)CC(C)NC1=NCCCS1. The van der Waals surface area contributed by atoms with Gasteiger partial charge in [0.1, 0.15) is 0 Å². The van der Waals surface area contributed by atoms with Gasteiger partial charge in [-0.05, 0) is 13.3 Å². The van der Waals surface area contributed by atoms with Gasteiger partial charge in [0.25, 0.3) is 0 Å². The minimum absolute atomic E-state index is 0.0615. The predicted octanol–water partition coefficient (Wildman–Crippen LogP) is 0.593. The van der Waals surface area contributed by atoms with E-state index in [2.05, 4.69) is 15.6 Å². The molecule has 2 N–H and O–H groups in total. The molecule has 0 saturated carbocycles. The van der Waals surface area contributed by atoms with Gasteiger partial charge in [-0.2, -0.15) is 0 Å². The fraction of sp³-hybridized carbons (Fsp3) is 0.778. The highest BCUT2D eigenvalue weighted by Crippen LogP contribution is 2.11. The van der Waals surface area contributed by atoms with Crippen molar-refractivity contribution >= 4 is 22.8 Å². The zero-order chi connectivity index (χ0) is 10.4. The molecule has 1 amide bonds. The zero-order valence-electron chi connectivity index (χ0n) is 8.67. The lowest BCUT2D eigenvalue weighted by Gasteiger charge is -2.18. The summed E-state index contributed by atoms with van der Waals surface area (Å²) in [6.07, 6.45) is 1.65. The van der Waals surface area contributed by atoms with Crippen LogP contribution in [-0.4, -0.2) is 36.5 Å². The fourth-order valence-corrected chi connectivity index (χ4v) is 2.12. The van der Waals surface area contributed by atoms with E-state index in [0.29, 0.717) is 6.42 Å². The maximum atomic E-state index is 11.1. The van der Waals surface area contributed by atoms with Crippen LogP contribution in [0.5, 0.6) is 0 Å². The van der Waals surface area contributed by atoms with E-state index in [0.717, 1.165) is 23.9 Å². The van der Waals surface area contributed by atoms with Crippen molar-refractivity contribution in [1.82, 2.24) is 10.6 Å². The molecule has 0 spiro atoms. The lowest BCUT2D eigenvalue weighted by molar-refractivity contribution is -0.120. The first-order valence-corrected chi connectivity index (χ1v) is 5.85. The highest BCUT2D eigenvalue weighted by Gasteiger charge is 2.11. The highest BCUT2D eigenvalue weighted by molar-refractivity contribution is 8.13. The van der Waals surface area contributed by atoms with Crippen LogP contribution in [0.2, 0.25) is 0 Å². The highest BCUT2D eigenvalue weighted by atomic mass is 32.2. The molecule has 5 heteroatoms. The lowest BCUT2D eigenvalue weighted by Crippen LogP contribution is -2.36. The van der Waals surface area contributed by atoms with Crippen LogP contribution in [0.15, 0.2) is 4.99 Å². The Morgan fingerprint density at radius 2 is 2.50 bits per heavy atom. The van der Waals surface area contributed by atoms with Crippen LogP contribution < -0.4 is 10.6 Å². The van der Waals surface area contributed by atoms with E-state index in [9.17, 15) is 4.79 Å². The van der Waals surface area contributed by atoms with Gasteiger partial charge in [0.05, 0.1) is 0 Å². The standard InChI is InChI=1S/C9H17N3OS/c1-7(6-8(13)10-2)12-9-11-4-3-5-14-9/h7H,3-6H2,1-2H3,(H,10,13)(H,11,12). The second kappa shape index (κ2) is 5.90. The molecule has 0 aromatic rings. The summed E-state index contributed by atoms with van der Waals surface area (Å²) in [5, 5.41) is 6.82. The van der Waals surface area contributed by atoms with Crippen molar-refractivity contribution in [3.8, 4) is 0 Å². The van der Waals surface area contributed by atoms with Crippen molar-refractivity contribution < 1.29 is 4.79 Å². The number of amidine groups is 1. The third-order valence-corrected chi connectivity index (χ3v) is 2.95. The van der Waals surface area contributed by atoms with Gasteiger partial charge >= 0.3 is 0 Å². The summed E-state index contributed by atoms with van der Waals surface area (Å²) in [6.45, 7) is 2.90. The van der Waals surface area contributed by atoms with Crippen molar-refractivity contribution in [2.45, 2.75) is 25.8 Å². The second-order valence-corrected chi connectivity index (χ2v) is 4.40. The molecule has 14 heavy (non-hydrogen) atoms. The Bertz CT molecular complexity index is 230. The molecule has 1 atom stereocenters. The van der Waals surface area contributed by atoms with Crippen LogP contribution in [0, 0.1) is 0 Å². The van der Waals surface area contributed by atoms with Gasteiger partial charge in [0, 0.05) is 31.8 Å². The molecule has 80 valence electrons. The first-order chi connectivity index (χ1) is 6.72. The van der Waals surface area contributed by atoms with E-state index in [1.54, 1.807) is 18.8 Å². The number of hydrogen-bond donors (Lipinski definition) is 2. The van der Waals surface area contributed by atoms with Crippen LogP contribution in [0.1, 0.15) is 19.8 Å². The van der Waals surface area contributed by atoms with E-state index in [1.807, 2.05) is 6.92 Å². The van der Waals surface area contributed by atoms with Crippen LogP contribution >= 0.6 is 11.8 Å². The Labute approximate surface area is 88.9 Å². The summed E-state index contributed by atoms with van der Waals surface area (Å²) in [5.74, 6) is 1.19. The summed E-state index contributed by atoms with van der Waals surface area (Å²) in [4.78, 5) is 15.4. The normalized spacial score (nSPS) is 18.3. The van der Waals surface area contributed by atoms with Gasteiger partial charge in [-0.25, -0.2) is 0 Å². The third-order valence-electron chi connectivity index (χ3n) is 1.94. The van der Waals surface area contributed by atoms with E-state index in [1.165, 1.54) is 0 Å². The van der Waals surface area contributed by atoms with Crippen molar-refractivity contribution in [2.24, 2.45) is 4.99 Å². The van der Waals surface area contributed by atoms with E-state index >= 15 is 0 Å². The summed E-state index contributed by atoms with van der Waals surface area (Å²) >= 11 is 1.73. The Balaban J connectivity index is 2.28. The average Bonchev–Trinajstić information content (AvgIpc) is 2.19. The zero-order valence-corrected chi connectivity index (χ0v) is 9.49. The second-order valence-electron chi connectivity index (χ2n) is 3.31. The molecule has 0 fully saturated rings. The van der Waals surface area contributed by atoms with Crippen molar-refractivity contribution in [2.75, 3.05) is 19.3 Å². The Morgan fingerprint density at radius 1 is 1.71 bits per heavy atom. The molecule has 0 bridgehead atoms. The molecule has 1 aliphatic heterocycles. The number of thioether (sulfide) groups is 1. The van der Waals surface area contributed by atoms with Gasteiger partial charge in [0.2, 0.25) is 5.91 Å². The number of carbonyl (C=O) groups is 1. The molecule has 1 aliphatic rings. The minimum atomic E-state index is 0.0615. The quantitative estimate of drug-likeness (QED) is 0.724. The van der Waals surface area contributed by atoms with E-state index in [-0.39, 0.29) is 11.9 Å². The van der Waals surface area contributed by atoms with Crippen molar-refractivity contribution in [3.05, 3.63) is 0 Å². The van der Waals surface area contributed by atoms with E-state index in [4.69, 9.17) is 0 Å². The first kappa shape index (κ1) is 11.4. The summed E-state index contributed by atoms with van der Waals surface area (Å²) in [5.41, 5.74) is 0. The molecule has 4 nitrogen and oxygen atoms in total. The first-order valence-electron chi connectivity index (χ1n) is 4.86. The van der Waals surface area contributed by atoms with Crippen LogP contribution in [0.3, 0.4) is 0 Å². The van der Waals surface area contributed by atoms with Crippen molar-refractivity contribution in [3.63, 3.8) is 0 Å². The summed E-state index contributed by atoms with van der Waals surface area (Å²) in [7, 11) is 1.65. The molecule has 1 unspecified atom stereocenters. The van der Waals surface area contributed by atoms with E-state index < -0.39 is 0 Å². The lowest BCUT2D eigenvalue weighted by atomic mass is 10.2. The fourth-order valence-electron chi connectivity index (χ4n) is 1.19. The number of nitrogens with one attached hydrogen (secondary N) is 2. The van der Waals surface area contributed by atoms with Gasteiger partial charge in [-0.15, -0.1) is 0 Å². The largest absolute Gasteiger partial charge is 0.362 e. The van der Waals surface area contributed by atoms with Gasteiger partial charge in [-0.3, -0.25) is 9.79 Å². The number of hydrogen-bond acceptors (Lipinski definition) is 4. The topological polar surface area (TPSA) is 53.5 Å². The summed E-state index contributed by atoms with van der Waals surface area (Å²) < 4.78 is 0. The maximum absolute atomic E-state index is 11.1. The number of aliphatic imine (C=N–C) groups is 1. The van der Waals surface area contributed by atoms with Crippen LogP contribution in [0.4, 0.5) is 0 Å². The number of nitrogens with zero attached hydrogens (tertiary/aromatic N) is 1. The molecule has 0 aromatic heterocycles. The molecule has 0 saturated heterocycles. The molecule has 1 heterocycles. The Morgan fingerprint density at radius 3 is 3.07 bits per heavy atom. The third kappa shape index (κ3) is 4.00. The van der Waals surface area contributed by atoms with Gasteiger partial charge < -0.3 is 10.6 Å². The smallest absolute Gasteiger partial charge is 0.221 e. The van der Waals surface area contributed by atoms with Crippen molar-refractivity contribution in [1.29, 1.82) is 0 Å². The van der Waals surface area contributed by atoms with Crippen LogP contribution in [0.25, 0.3) is 0 Å². The molecule has 0 radical (unpaired) electrons. The number of rotatable bonds is 3. The molecule has 0 aliphatic carbocycles.